The molecule has 35 heavy (non-hydrogen) atoms. The number of nitrogens with one attached hydrogen (secondary N) is 1. The first-order valence-electron chi connectivity index (χ1n) is 11.7. The van der Waals surface area contributed by atoms with Gasteiger partial charge >= 0.3 is 0 Å². The second-order valence-corrected chi connectivity index (χ2v) is 8.60. The van der Waals surface area contributed by atoms with Gasteiger partial charge in [0.25, 0.3) is 11.8 Å². The molecule has 1 aliphatic rings. The third-order valence-electron chi connectivity index (χ3n) is 6.17. The van der Waals surface area contributed by atoms with E-state index in [0.29, 0.717) is 23.6 Å². The van der Waals surface area contributed by atoms with Crippen molar-refractivity contribution in [2.45, 2.75) is 20.8 Å². The van der Waals surface area contributed by atoms with Crippen LogP contribution in [0.5, 0.6) is 5.75 Å². The molecule has 4 aromatic carbocycles. The lowest BCUT2D eigenvalue weighted by Crippen LogP contribution is -2.32. The molecule has 0 radical (unpaired) electrons. The predicted octanol–water partition coefficient (Wildman–Crippen LogP) is 6.25. The van der Waals surface area contributed by atoms with Crippen LogP contribution in [0, 0.1) is 13.8 Å². The molecule has 5 heteroatoms. The lowest BCUT2D eigenvalue weighted by molar-refractivity contribution is -0.120. The fourth-order valence-electron chi connectivity index (χ4n) is 4.57. The fraction of sp³-hybridized carbons (Fsp3) is 0.133. The van der Waals surface area contributed by atoms with Crippen molar-refractivity contribution in [2.24, 2.45) is 0 Å². The van der Waals surface area contributed by atoms with Crippen LogP contribution in [0.25, 0.3) is 16.3 Å². The first kappa shape index (κ1) is 22.4. The SMILES string of the molecule is CCOc1cccc(N2C(=O)C(Nc3cccc4ccccc34)=C(c3ccc(C)cc3C)C2=O)c1. The van der Waals surface area contributed by atoms with Gasteiger partial charge in [0.05, 0.1) is 17.9 Å². The van der Waals surface area contributed by atoms with E-state index < -0.39 is 5.91 Å². The van der Waals surface area contributed by atoms with E-state index in [4.69, 9.17) is 4.74 Å². The van der Waals surface area contributed by atoms with Crippen LogP contribution in [0.2, 0.25) is 0 Å². The summed E-state index contributed by atoms with van der Waals surface area (Å²) in [6.45, 7) is 6.35. The Morgan fingerprint density at radius 2 is 1.60 bits per heavy atom. The van der Waals surface area contributed by atoms with Crippen molar-refractivity contribution in [1.29, 1.82) is 0 Å². The zero-order valence-electron chi connectivity index (χ0n) is 20.0. The molecule has 0 saturated carbocycles. The summed E-state index contributed by atoms with van der Waals surface area (Å²) in [7, 11) is 0. The van der Waals surface area contributed by atoms with Gasteiger partial charge in [-0.15, -0.1) is 0 Å². The molecule has 4 aromatic rings. The number of benzene rings is 4. The summed E-state index contributed by atoms with van der Waals surface area (Å²) in [5.41, 5.74) is 4.63. The van der Waals surface area contributed by atoms with Crippen molar-refractivity contribution in [3.63, 3.8) is 0 Å². The lowest BCUT2D eigenvalue weighted by Gasteiger charge is -2.17. The lowest BCUT2D eigenvalue weighted by atomic mass is 9.97. The Bertz CT molecular complexity index is 1500. The molecular weight excluding hydrogens is 436 g/mol. The quantitative estimate of drug-likeness (QED) is 0.344. The minimum absolute atomic E-state index is 0.264. The number of carbonyl (C=O) groups is 2. The Balaban J connectivity index is 1.66. The highest BCUT2D eigenvalue weighted by molar-refractivity contribution is 6.46. The van der Waals surface area contributed by atoms with Crippen LogP contribution in [0.4, 0.5) is 11.4 Å². The molecule has 0 fully saturated rings. The van der Waals surface area contributed by atoms with E-state index in [1.807, 2.05) is 87.5 Å². The second kappa shape index (κ2) is 9.11. The Morgan fingerprint density at radius 1 is 0.829 bits per heavy atom. The van der Waals surface area contributed by atoms with Crippen molar-refractivity contribution in [2.75, 3.05) is 16.8 Å². The van der Waals surface area contributed by atoms with Gasteiger partial charge in [0.15, 0.2) is 0 Å². The van der Waals surface area contributed by atoms with Crippen LogP contribution in [0.1, 0.15) is 23.6 Å². The Kier molecular flexibility index (Phi) is 5.83. The molecule has 0 aromatic heterocycles. The van der Waals surface area contributed by atoms with E-state index in [-0.39, 0.29) is 11.6 Å². The smallest absolute Gasteiger partial charge is 0.282 e. The number of imide groups is 1. The van der Waals surface area contributed by atoms with E-state index in [2.05, 4.69) is 5.32 Å². The van der Waals surface area contributed by atoms with Gasteiger partial charge in [0.2, 0.25) is 0 Å². The largest absolute Gasteiger partial charge is 0.494 e. The summed E-state index contributed by atoms with van der Waals surface area (Å²) >= 11 is 0. The van der Waals surface area contributed by atoms with E-state index in [9.17, 15) is 9.59 Å². The van der Waals surface area contributed by atoms with Gasteiger partial charge in [-0.2, -0.15) is 0 Å². The van der Waals surface area contributed by atoms with Gasteiger partial charge < -0.3 is 10.1 Å². The summed E-state index contributed by atoms with van der Waals surface area (Å²) in [5.74, 6) is -0.154. The molecule has 0 atom stereocenters. The topological polar surface area (TPSA) is 58.6 Å². The van der Waals surface area contributed by atoms with E-state index in [1.165, 1.54) is 4.90 Å². The van der Waals surface area contributed by atoms with Crippen LogP contribution in [0.3, 0.4) is 0 Å². The number of rotatable bonds is 6. The van der Waals surface area contributed by atoms with Crippen molar-refractivity contribution in [3.8, 4) is 5.75 Å². The van der Waals surface area contributed by atoms with Crippen LogP contribution < -0.4 is 15.0 Å². The third kappa shape index (κ3) is 4.06. The average Bonchev–Trinajstić information content (AvgIpc) is 3.09. The van der Waals surface area contributed by atoms with Crippen molar-refractivity contribution < 1.29 is 14.3 Å². The van der Waals surface area contributed by atoms with Gasteiger partial charge in [0, 0.05) is 17.1 Å². The number of ether oxygens (including phenoxy) is 1. The van der Waals surface area contributed by atoms with Crippen LogP contribution in [0.15, 0.2) is 90.6 Å². The number of carbonyl (C=O) groups excluding carboxylic acids is 2. The minimum Gasteiger partial charge on any atom is -0.494 e. The maximum Gasteiger partial charge on any atom is 0.282 e. The highest BCUT2D eigenvalue weighted by atomic mass is 16.5. The molecule has 0 bridgehead atoms. The monoisotopic (exact) mass is 462 g/mol. The molecule has 0 spiro atoms. The zero-order valence-corrected chi connectivity index (χ0v) is 20.0. The number of fused-ring (bicyclic) bond motifs is 1. The van der Waals surface area contributed by atoms with Gasteiger partial charge in [-0.1, -0.05) is 66.2 Å². The standard InChI is InChI=1S/C30H26N2O3/c1-4-35-23-12-8-11-22(18-23)32-29(33)27(24-16-15-19(2)17-20(24)3)28(30(32)34)31-26-14-7-10-21-9-5-6-13-25(21)26/h5-18,31H,4H2,1-3H3. The molecular formula is C30H26N2O3. The molecule has 1 N–H and O–H groups in total. The Labute approximate surface area is 204 Å². The molecule has 1 heterocycles. The van der Waals surface area contributed by atoms with Gasteiger partial charge in [-0.25, -0.2) is 4.90 Å². The van der Waals surface area contributed by atoms with Crippen LogP contribution in [-0.2, 0) is 9.59 Å². The van der Waals surface area contributed by atoms with Gasteiger partial charge in [-0.3, -0.25) is 9.59 Å². The predicted molar refractivity (Wildman–Crippen MR) is 141 cm³/mol. The van der Waals surface area contributed by atoms with E-state index >= 15 is 0 Å². The summed E-state index contributed by atoms with van der Waals surface area (Å²) in [6.07, 6.45) is 0. The summed E-state index contributed by atoms with van der Waals surface area (Å²) < 4.78 is 5.61. The molecule has 0 saturated heterocycles. The maximum absolute atomic E-state index is 13.9. The molecule has 174 valence electrons. The molecule has 0 unspecified atom stereocenters. The highest BCUT2D eigenvalue weighted by Gasteiger charge is 2.41. The molecule has 0 aliphatic carbocycles. The fourth-order valence-corrected chi connectivity index (χ4v) is 4.57. The average molecular weight is 463 g/mol. The normalized spacial score (nSPS) is 13.6. The number of anilines is 2. The summed E-state index contributed by atoms with van der Waals surface area (Å²) in [5, 5.41) is 5.35. The summed E-state index contributed by atoms with van der Waals surface area (Å²) in [6, 6.07) is 26.8. The Morgan fingerprint density at radius 3 is 2.40 bits per heavy atom. The second-order valence-electron chi connectivity index (χ2n) is 8.60. The van der Waals surface area contributed by atoms with E-state index in [0.717, 1.165) is 33.2 Å². The molecule has 2 amide bonds. The third-order valence-corrected chi connectivity index (χ3v) is 6.17. The summed E-state index contributed by atoms with van der Waals surface area (Å²) in [4.78, 5) is 28.9. The first-order valence-corrected chi connectivity index (χ1v) is 11.7. The first-order chi connectivity index (χ1) is 17.0. The van der Waals surface area contributed by atoms with Crippen molar-refractivity contribution >= 4 is 39.5 Å². The van der Waals surface area contributed by atoms with Crippen molar-refractivity contribution in [3.05, 3.63) is 107 Å². The number of hydrogen-bond donors (Lipinski definition) is 1. The number of nitrogens with zero attached hydrogens (tertiary/aromatic N) is 1. The minimum atomic E-state index is -0.397. The van der Waals surface area contributed by atoms with Crippen molar-refractivity contribution in [1.82, 2.24) is 0 Å². The molecule has 5 rings (SSSR count). The molecule has 5 nitrogen and oxygen atoms in total. The molecule has 1 aliphatic heterocycles. The van der Waals surface area contributed by atoms with Gasteiger partial charge in [0.1, 0.15) is 11.4 Å². The van der Waals surface area contributed by atoms with E-state index in [1.54, 1.807) is 18.2 Å². The number of amides is 2. The maximum atomic E-state index is 13.9. The van der Waals surface area contributed by atoms with Gasteiger partial charge in [-0.05, 0) is 55.5 Å². The highest BCUT2D eigenvalue weighted by Crippen LogP contribution is 2.37. The van der Waals surface area contributed by atoms with Crippen LogP contribution in [-0.4, -0.2) is 18.4 Å². The number of aryl methyl sites for hydroxylation is 2. The number of hydrogen-bond acceptors (Lipinski definition) is 4. The zero-order chi connectivity index (χ0) is 24.5. The van der Waals surface area contributed by atoms with Crippen LogP contribution >= 0.6 is 0 Å². The Hall–Kier alpha value is -4.38.